The van der Waals surface area contributed by atoms with Crippen LogP contribution in [0, 0.1) is 13.8 Å². The average molecular weight is 636 g/mol. The first-order valence-electron chi connectivity index (χ1n) is 17.5. The van der Waals surface area contributed by atoms with Gasteiger partial charge in [-0.15, -0.1) is 0 Å². The minimum absolute atomic E-state index is 0.111. The third kappa shape index (κ3) is 2.74. The topological polar surface area (TPSA) is 28.3 Å². The Labute approximate surface area is 288 Å². The summed E-state index contributed by atoms with van der Waals surface area (Å²) in [7, 11) is 0. The summed E-state index contributed by atoms with van der Waals surface area (Å²) in [6.07, 6.45) is 0. The van der Waals surface area contributed by atoms with E-state index in [9.17, 15) is 0 Å². The van der Waals surface area contributed by atoms with Gasteiger partial charge in [-0.25, -0.2) is 0 Å². The number of aromatic nitrogens is 2. The molecule has 0 bridgehead atoms. The Hall–Kier alpha value is -6.13. The first kappa shape index (κ1) is 25.8. The van der Waals surface area contributed by atoms with Gasteiger partial charge in [-0.1, -0.05) is 84.9 Å². The number of hydrogen-bond donors (Lipinski definition) is 0. The van der Waals surface area contributed by atoms with Crippen LogP contribution in [0.1, 0.15) is 11.1 Å². The molecule has 13 rings (SSSR count). The van der Waals surface area contributed by atoms with Gasteiger partial charge in [-0.3, -0.25) is 0 Å². The largest absolute Gasteiger partial charge is 0.458 e. The Balaban J connectivity index is 1.24. The molecule has 9 aromatic rings. The second kappa shape index (κ2) is 8.53. The number of ether oxygens (including phenoxy) is 2. The van der Waals surface area contributed by atoms with Gasteiger partial charge in [-0.2, -0.15) is 0 Å². The van der Waals surface area contributed by atoms with Crippen molar-refractivity contribution < 1.29 is 9.47 Å². The fourth-order valence-electron chi connectivity index (χ4n) is 10.4. The third-order valence-electron chi connectivity index (χ3n) is 12.2. The van der Waals surface area contributed by atoms with Gasteiger partial charge in [0.15, 0.2) is 0 Å². The van der Waals surface area contributed by atoms with Gasteiger partial charge in [0, 0.05) is 44.0 Å². The molecule has 6 heterocycles. The van der Waals surface area contributed by atoms with E-state index in [-0.39, 0.29) is 13.4 Å². The van der Waals surface area contributed by atoms with E-state index in [1.54, 1.807) is 0 Å². The number of para-hydroxylation sites is 4. The van der Waals surface area contributed by atoms with Gasteiger partial charge in [-0.05, 0) is 94.1 Å². The summed E-state index contributed by atoms with van der Waals surface area (Å²) >= 11 is 0. The second-order valence-electron chi connectivity index (χ2n) is 14.4. The van der Waals surface area contributed by atoms with Crippen LogP contribution in [-0.2, 0) is 0 Å². The third-order valence-corrected chi connectivity index (χ3v) is 12.2. The average Bonchev–Trinajstić information content (AvgIpc) is 3.70. The SMILES string of the molecule is Cc1c2c3cccc4c3n(c2c(C)c2c1c1cccc3c1n2-c1cccc2c1B3c1ccccc1O2)-c1cccc2c1B4c1ccccc1O2. The summed E-state index contributed by atoms with van der Waals surface area (Å²) < 4.78 is 18.4. The van der Waals surface area contributed by atoms with Crippen molar-refractivity contribution in [2.45, 2.75) is 13.8 Å². The fraction of sp³-hybridized carbons (Fsp3) is 0.0455. The lowest BCUT2D eigenvalue weighted by Crippen LogP contribution is -2.58. The molecule has 2 aromatic heterocycles. The Bertz CT molecular complexity index is 2890. The molecular formula is C44H26B2N2O2. The van der Waals surface area contributed by atoms with E-state index in [2.05, 4.69) is 144 Å². The number of benzene rings is 7. The zero-order valence-corrected chi connectivity index (χ0v) is 27.4. The molecule has 50 heavy (non-hydrogen) atoms. The van der Waals surface area contributed by atoms with Gasteiger partial charge < -0.3 is 18.6 Å². The van der Waals surface area contributed by atoms with Crippen LogP contribution in [0.25, 0.3) is 55.0 Å². The summed E-state index contributed by atoms with van der Waals surface area (Å²) in [5, 5.41) is 5.30. The van der Waals surface area contributed by atoms with Crippen molar-refractivity contribution in [1.82, 2.24) is 9.13 Å². The summed E-state index contributed by atoms with van der Waals surface area (Å²) in [6.45, 7) is 4.92. The molecule has 0 spiro atoms. The van der Waals surface area contributed by atoms with Crippen molar-refractivity contribution >= 4 is 89.8 Å². The fourth-order valence-corrected chi connectivity index (χ4v) is 10.4. The summed E-state index contributed by atoms with van der Waals surface area (Å²) in [6, 6.07) is 44.1. The molecule has 0 saturated carbocycles. The van der Waals surface area contributed by atoms with Crippen LogP contribution in [0.15, 0.2) is 121 Å². The molecule has 0 saturated heterocycles. The predicted octanol–water partition coefficient (Wildman–Crippen LogP) is 6.37. The Morgan fingerprint density at radius 1 is 0.400 bits per heavy atom. The zero-order valence-electron chi connectivity index (χ0n) is 27.4. The van der Waals surface area contributed by atoms with Crippen LogP contribution in [-0.4, -0.2) is 22.6 Å². The highest BCUT2D eigenvalue weighted by molar-refractivity contribution is 7.00. The van der Waals surface area contributed by atoms with E-state index in [0.717, 1.165) is 23.0 Å². The van der Waals surface area contributed by atoms with Crippen molar-refractivity contribution in [2.75, 3.05) is 0 Å². The monoisotopic (exact) mass is 636 g/mol. The highest BCUT2D eigenvalue weighted by atomic mass is 16.5. The van der Waals surface area contributed by atoms with Gasteiger partial charge in [0.1, 0.15) is 23.0 Å². The smallest absolute Gasteiger partial charge is 0.256 e. The van der Waals surface area contributed by atoms with E-state index >= 15 is 0 Å². The van der Waals surface area contributed by atoms with Crippen LogP contribution in [0.4, 0.5) is 0 Å². The van der Waals surface area contributed by atoms with Gasteiger partial charge in [0.25, 0.3) is 13.4 Å². The van der Waals surface area contributed by atoms with Crippen LogP contribution in [0.2, 0.25) is 0 Å². The number of aryl methyl sites for hydroxylation is 2. The standard InChI is InChI=1S/C44H26B2N2O2/c1-23-37-25-11-7-15-29-43(25)47(31-17-9-21-35-39(31)45(29)27-13-3-5-19-33(27)49-35)41(37)24(2)42-38(23)26-12-8-16-30-44(26)48(42)32-18-10-22-36-40(32)46(30)28-14-4-6-20-34(28)50-36/h3-22H,1-2H3. The zero-order chi connectivity index (χ0) is 32.6. The molecule has 0 atom stereocenters. The molecule has 4 aliphatic heterocycles. The highest BCUT2D eigenvalue weighted by Crippen LogP contribution is 2.46. The Kier molecular flexibility index (Phi) is 4.41. The van der Waals surface area contributed by atoms with Crippen molar-refractivity contribution in [3.63, 3.8) is 0 Å². The molecular weight excluding hydrogens is 610 g/mol. The molecule has 4 aliphatic rings. The molecule has 7 aromatic carbocycles. The van der Waals surface area contributed by atoms with Crippen LogP contribution in [0.5, 0.6) is 23.0 Å². The molecule has 4 nitrogen and oxygen atoms in total. The molecule has 0 aliphatic carbocycles. The van der Waals surface area contributed by atoms with Crippen molar-refractivity contribution in [3.05, 3.63) is 132 Å². The lowest BCUT2D eigenvalue weighted by molar-refractivity contribution is 0.487. The first-order chi connectivity index (χ1) is 24.7. The van der Waals surface area contributed by atoms with Gasteiger partial charge in [0.2, 0.25) is 0 Å². The van der Waals surface area contributed by atoms with Gasteiger partial charge >= 0.3 is 0 Å². The van der Waals surface area contributed by atoms with E-state index in [4.69, 9.17) is 9.47 Å². The molecule has 0 amide bonds. The number of hydrogen-bond acceptors (Lipinski definition) is 2. The summed E-state index contributed by atoms with van der Waals surface area (Å²) in [5.41, 5.74) is 17.8. The normalized spacial score (nSPS) is 14.0. The quantitative estimate of drug-likeness (QED) is 0.181. The maximum absolute atomic E-state index is 6.62. The predicted molar refractivity (Wildman–Crippen MR) is 207 cm³/mol. The highest BCUT2D eigenvalue weighted by Gasteiger charge is 2.43. The van der Waals surface area contributed by atoms with E-state index < -0.39 is 0 Å². The van der Waals surface area contributed by atoms with Gasteiger partial charge in [0.05, 0.1) is 11.0 Å². The summed E-state index contributed by atoms with van der Waals surface area (Å²) in [5.74, 6) is 3.79. The molecule has 6 heteroatoms. The van der Waals surface area contributed by atoms with E-state index in [0.29, 0.717) is 0 Å². The molecule has 0 unspecified atom stereocenters. The number of rotatable bonds is 0. The number of nitrogens with zero attached hydrogens (tertiary/aromatic N) is 2. The molecule has 230 valence electrons. The van der Waals surface area contributed by atoms with E-state index in [1.165, 1.54) is 98.9 Å². The van der Waals surface area contributed by atoms with Crippen molar-refractivity contribution in [2.24, 2.45) is 0 Å². The lowest BCUT2D eigenvalue weighted by atomic mass is 9.34. The first-order valence-corrected chi connectivity index (χ1v) is 17.5. The number of fused-ring (bicyclic) bond motifs is 14. The molecule has 0 fully saturated rings. The van der Waals surface area contributed by atoms with Crippen LogP contribution in [0.3, 0.4) is 0 Å². The minimum Gasteiger partial charge on any atom is -0.458 e. The minimum atomic E-state index is 0.111. The van der Waals surface area contributed by atoms with Crippen molar-refractivity contribution in [3.8, 4) is 34.4 Å². The molecule has 0 radical (unpaired) electrons. The maximum atomic E-state index is 6.62. The Morgan fingerprint density at radius 3 is 1.32 bits per heavy atom. The lowest BCUT2D eigenvalue weighted by Gasteiger charge is -2.33. The van der Waals surface area contributed by atoms with E-state index in [1.807, 2.05) is 0 Å². The molecule has 0 N–H and O–H groups in total. The van der Waals surface area contributed by atoms with Crippen molar-refractivity contribution in [1.29, 1.82) is 0 Å². The Morgan fingerprint density at radius 2 is 0.820 bits per heavy atom. The summed E-state index contributed by atoms with van der Waals surface area (Å²) in [4.78, 5) is 0. The second-order valence-corrected chi connectivity index (χ2v) is 14.4. The maximum Gasteiger partial charge on any atom is 0.256 e. The van der Waals surface area contributed by atoms with Crippen LogP contribution >= 0.6 is 0 Å². The van der Waals surface area contributed by atoms with Crippen LogP contribution < -0.4 is 42.3 Å².